The van der Waals surface area contributed by atoms with Gasteiger partial charge in [0.15, 0.2) is 5.82 Å². The maximum atomic E-state index is 5.92. The van der Waals surface area contributed by atoms with Crippen molar-refractivity contribution in [2.45, 2.75) is 26.3 Å². The lowest BCUT2D eigenvalue weighted by Crippen LogP contribution is -2.05. The van der Waals surface area contributed by atoms with Gasteiger partial charge < -0.3 is 9.30 Å². The summed E-state index contributed by atoms with van der Waals surface area (Å²) < 4.78 is 8.23. The first-order chi connectivity index (χ1) is 12.8. The molecule has 3 nitrogen and oxygen atoms in total. The van der Waals surface area contributed by atoms with E-state index < -0.39 is 0 Å². The summed E-state index contributed by atoms with van der Waals surface area (Å²) in [6.45, 7) is 3.75. The molecule has 0 saturated carbocycles. The molecule has 132 valence electrons. The highest BCUT2D eigenvalue weighted by atomic mass is 32.1. The van der Waals surface area contributed by atoms with Gasteiger partial charge in [-0.15, -0.1) is 11.3 Å². The zero-order valence-electron chi connectivity index (χ0n) is 14.9. The van der Waals surface area contributed by atoms with Gasteiger partial charge in [0.05, 0.1) is 22.5 Å². The average Bonchev–Trinajstić information content (AvgIpc) is 3.33. The highest BCUT2D eigenvalue weighted by Gasteiger charge is 2.12. The van der Waals surface area contributed by atoms with Crippen LogP contribution in [0.1, 0.15) is 18.9 Å². The van der Waals surface area contributed by atoms with Crippen LogP contribution in [0.2, 0.25) is 0 Å². The van der Waals surface area contributed by atoms with E-state index >= 15 is 0 Å². The first-order valence-electron chi connectivity index (χ1n) is 9.06. The standard InChI is InChI=1S/C22H22N2OS/c1-2-17-10-12-18(13-11-17)25-15-6-14-24-20-8-4-3-7-19(20)23-22(24)21-9-5-16-26-21/h3-5,7-13,16H,2,6,14-15H2,1H3. The third-order valence-electron chi connectivity index (χ3n) is 4.52. The number of imidazole rings is 1. The summed E-state index contributed by atoms with van der Waals surface area (Å²) in [5.41, 5.74) is 3.57. The number of rotatable bonds is 7. The van der Waals surface area contributed by atoms with Crippen molar-refractivity contribution in [1.29, 1.82) is 0 Å². The molecule has 4 aromatic rings. The molecule has 2 aromatic carbocycles. The fraction of sp³-hybridized carbons (Fsp3) is 0.227. The van der Waals surface area contributed by atoms with Crippen molar-refractivity contribution in [3.05, 3.63) is 71.6 Å². The highest BCUT2D eigenvalue weighted by Crippen LogP contribution is 2.28. The minimum atomic E-state index is 0.696. The van der Waals surface area contributed by atoms with Crippen molar-refractivity contribution in [3.8, 4) is 16.5 Å². The summed E-state index contributed by atoms with van der Waals surface area (Å²) in [4.78, 5) is 6.05. The van der Waals surface area contributed by atoms with Gasteiger partial charge in [0.25, 0.3) is 0 Å². The van der Waals surface area contributed by atoms with Crippen molar-refractivity contribution < 1.29 is 4.74 Å². The summed E-state index contributed by atoms with van der Waals surface area (Å²) in [5.74, 6) is 1.99. The molecule has 0 fully saturated rings. The van der Waals surface area contributed by atoms with E-state index in [9.17, 15) is 0 Å². The number of aryl methyl sites for hydroxylation is 2. The molecule has 4 heteroatoms. The number of para-hydroxylation sites is 2. The third-order valence-corrected chi connectivity index (χ3v) is 5.39. The Morgan fingerprint density at radius 3 is 2.62 bits per heavy atom. The Morgan fingerprint density at radius 2 is 1.85 bits per heavy atom. The molecule has 0 radical (unpaired) electrons. The number of thiophene rings is 1. The molecule has 26 heavy (non-hydrogen) atoms. The van der Waals surface area contributed by atoms with E-state index in [0.717, 1.165) is 36.5 Å². The molecule has 0 atom stereocenters. The van der Waals surface area contributed by atoms with Crippen LogP contribution in [-0.2, 0) is 13.0 Å². The number of hydrogen-bond acceptors (Lipinski definition) is 3. The average molecular weight is 362 g/mol. The summed E-state index contributed by atoms with van der Waals surface area (Å²) in [7, 11) is 0. The van der Waals surface area contributed by atoms with Gasteiger partial charge in [-0.3, -0.25) is 0 Å². The monoisotopic (exact) mass is 362 g/mol. The van der Waals surface area contributed by atoms with E-state index in [1.54, 1.807) is 11.3 Å². The molecule has 0 amide bonds. The van der Waals surface area contributed by atoms with Gasteiger partial charge >= 0.3 is 0 Å². The zero-order chi connectivity index (χ0) is 17.8. The van der Waals surface area contributed by atoms with E-state index in [0.29, 0.717) is 6.61 Å². The largest absolute Gasteiger partial charge is 0.494 e. The third kappa shape index (κ3) is 3.51. The summed E-state index contributed by atoms with van der Waals surface area (Å²) in [6, 6.07) is 20.9. The maximum Gasteiger partial charge on any atom is 0.151 e. The topological polar surface area (TPSA) is 27.1 Å². The van der Waals surface area contributed by atoms with Crippen LogP contribution in [-0.4, -0.2) is 16.2 Å². The second kappa shape index (κ2) is 7.75. The van der Waals surface area contributed by atoms with Gasteiger partial charge in [-0.25, -0.2) is 4.98 Å². The Labute approximate surface area is 157 Å². The smallest absolute Gasteiger partial charge is 0.151 e. The van der Waals surface area contributed by atoms with E-state index in [2.05, 4.69) is 71.5 Å². The number of fused-ring (bicyclic) bond motifs is 1. The van der Waals surface area contributed by atoms with Gasteiger partial charge in [0, 0.05) is 6.54 Å². The Balaban J connectivity index is 1.47. The van der Waals surface area contributed by atoms with Crippen LogP contribution in [0.3, 0.4) is 0 Å². The van der Waals surface area contributed by atoms with Crippen molar-refractivity contribution in [1.82, 2.24) is 9.55 Å². The molecular formula is C22H22N2OS. The minimum Gasteiger partial charge on any atom is -0.494 e. The number of aromatic nitrogens is 2. The van der Waals surface area contributed by atoms with E-state index in [4.69, 9.17) is 9.72 Å². The number of hydrogen-bond donors (Lipinski definition) is 0. The summed E-state index contributed by atoms with van der Waals surface area (Å²) >= 11 is 1.73. The lowest BCUT2D eigenvalue weighted by Gasteiger charge is -2.10. The first-order valence-corrected chi connectivity index (χ1v) is 9.94. The van der Waals surface area contributed by atoms with Gasteiger partial charge in [0.1, 0.15) is 5.75 Å². The van der Waals surface area contributed by atoms with Crippen molar-refractivity contribution in [3.63, 3.8) is 0 Å². The molecule has 0 N–H and O–H groups in total. The van der Waals surface area contributed by atoms with Gasteiger partial charge in [-0.2, -0.15) is 0 Å². The zero-order valence-corrected chi connectivity index (χ0v) is 15.7. The predicted molar refractivity (Wildman–Crippen MR) is 109 cm³/mol. The highest BCUT2D eigenvalue weighted by molar-refractivity contribution is 7.13. The molecule has 2 aromatic heterocycles. The molecule has 0 aliphatic heterocycles. The molecular weight excluding hydrogens is 340 g/mol. The van der Waals surface area contributed by atoms with Crippen molar-refractivity contribution >= 4 is 22.4 Å². The van der Waals surface area contributed by atoms with E-state index in [-0.39, 0.29) is 0 Å². The fourth-order valence-corrected chi connectivity index (χ4v) is 3.85. The van der Waals surface area contributed by atoms with E-state index in [1.165, 1.54) is 16.0 Å². The van der Waals surface area contributed by atoms with Crippen LogP contribution in [0.4, 0.5) is 0 Å². The maximum absolute atomic E-state index is 5.92. The summed E-state index contributed by atoms with van der Waals surface area (Å²) in [5, 5.41) is 2.10. The molecule has 0 aliphatic rings. The van der Waals surface area contributed by atoms with Gasteiger partial charge in [-0.1, -0.05) is 37.3 Å². The molecule has 0 spiro atoms. The number of benzene rings is 2. The lowest BCUT2D eigenvalue weighted by molar-refractivity contribution is 0.303. The minimum absolute atomic E-state index is 0.696. The lowest BCUT2D eigenvalue weighted by atomic mass is 10.2. The van der Waals surface area contributed by atoms with Gasteiger partial charge in [-0.05, 0) is 54.1 Å². The second-order valence-corrected chi connectivity index (χ2v) is 7.20. The quantitative estimate of drug-likeness (QED) is 0.389. The normalized spacial score (nSPS) is 11.1. The molecule has 2 heterocycles. The van der Waals surface area contributed by atoms with Crippen LogP contribution >= 0.6 is 11.3 Å². The van der Waals surface area contributed by atoms with Crippen LogP contribution in [0.5, 0.6) is 5.75 Å². The Bertz CT molecular complexity index is 971. The Morgan fingerprint density at radius 1 is 1.00 bits per heavy atom. The van der Waals surface area contributed by atoms with Crippen LogP contribution in [0, 0.1) is 0 Å². The molecule has 0 unspecified atom stereocenters. The van der Waals surface area contributed by atoms with Gasteiger partial charge in [0.2, 0.25) is 0 Å². The molecule has 0 bridgehead atoms. The first kappa shape index (κ1) is 16.9. The van der Waals surface area contributed by atoms with Crippen molar-refractivity contribution in [2.24, 2.45) is 0 Å². The number of nitrogens with zero attached hydrogens (tertiary/aromatic N) is 2. The SMILES string of the molecule is CCc1ccc(OCCCn2c(-c3cccs3)nc3ccccc32)cc1. The van der Waals surface area contributed by atoms with Crippen molar-refractivity contribution in [2.75, 3.05) is 6.61 Å². The second-order valence-electron chi connectivity index (χ2n) is 6.25. The summed E-state index contributed by atoms with van der Waals surface area (Å²) in [6.07, 6.45) is 1.99. The predicted octanol–water partition coefficient (Wildman–Crippen LogP) is 5.80. The number of ether oxygens (including phenoxy) is 1. The molecule has 4 rings (SSSR count). The van der Waals surface area contributed by atoms with Crippen LogP contribution < -0.4 is 4.74 Å². The van der Waals surface area contributed by atoms with E-state index in [1.807, 2.05) is 6.07 Å². The molecule has 0 saturated heterocycles. The van der Waals surface area contributed by atoms with Crippen LogP contribution in [0.15, 0.2) is 66.0 Å². The Hall–Kier alpha value is -2.59. The Kier molecular flexibility index (Phi) is 5.02. The van der Waals surface area contributed by atoms with Crippen LogP contribution in [0.25, 0.3) is 21.7 Å². The fourth-order valence-electron chi connectivity index (χ4n) is 3.13. The molecule has 0 aliphatic carbocycles.